The van der Waals surface area contributed by atoms with Crippen molar-refractivity contribution in [3.63, 3.8) is 0 Å². The summed E-state index contributed by atoms with van der Waals surface area (Å²) in [6.45, 7) is 4.38. The molecular formula is C14H21ClN2O2S. The second kappa shape index (κ2) is 5.92. The van der Waals surface area contributed by atoms with Gasteiger partial charge in [-0.2, -0.15) is 0 Å². The highest BCUT2D eigenvalue weighted by Crippen LogP contribution is 2.31. The van der Waals surface area contributed by atoms with Gasteiger partial charge in [0.05, 0.1) is 5.02 Å². The molecule has 0 aliphatic heterocycles. The van der Waals surface area contributed by atoms with Gasteiger partial charge in [0.1, 0.15) is 4.90 Å². The van der Waals surface area contributed by atoms with Crippen LogP contribution in [0, 0.1) is 11.8 Å². The minimum Gasteiger partial charge on any atom is -0.399 e. The summed E-state index contributed by atoms with van der Waals surface area (Å²) in [5.74, 6) is 1.18. The number of nitrogens with one attached hydrogen (secondary N) is 1. The van der Waals surface area contributed by atoms with Crippen LogP contribution in [0.2, 0.25) is 5.02 Å². The maximum atomic E-state index is 12.4. The molecular weight excluding hydrogens is 296 g/mol. The maximum Gasteiger partial charge on any atom is 0.242 e. The van der Waals surface area contributed by atoms with Crippen molar-refractivity contribution in [2.24, 2.45) is 11.8 Å². The molecule has 0 amide bonds. The monoisotopic (exact) mass is 316 g/mol. The lowest BCUT2D eigenvalue weighted by Gasteiger charge is -2.32. The van der Waals surface area contributed by atoms with Crippen LogP contribution in [0.4, 0.5) is 5.69 Å². The molecule has 4 nitrogen and oxygen atoms in total. The van der Waals surface area contributed by atoms with E-state index in [9.17, 15) is 8.42 Å². The van der Waals surface area contributed by atoms with E-state index in [4.69, 9.17) is 17.3 Å². The van der Waals surface area contributed by atoms with E-state index in [1.54, 1.807) is 6.07 Å². The van der Waals surface area contributed by atoms with Crippen LogP contribution in [0.3, 0.4) is 0 Å². The van der Waals surface area contributed by atoms with Gasteiger partial charge in [-0.25, -0.2) is 13.1 Å². The highest BCUT2D eigenvalue weighted by Gasteiger charge is 2.29. The molecule has 0 saturated heterocycles. The number of benzene rings is 1. The lowest BCUT2D eigenvalue weighted by molar-refractivity contribution is 0.242. The summed E-state index contributed by atoms with van der Waals surface area (Å²) in [5, 5.41) is 0.162. The molecule has 3 unspecified atom stereocenters. The molecule has 3 atom stereocenters. The van der Waals surface area contributed by atoms with Crippen molar-refractivity contribution in [2.45, 2.75) is 44.0 Å². The van der Waals surface area contributed by atoms with E-state index in [2.05, 4.69) is 18.6 Å². The summed E-state index contributed by atoms with van der Waals surface area (Å²) in [5.41, 5.74) is 6.04. The largest absolute Gasteiger partial charge is 0.399 e. The zero-order chi connectivity index (χ0) is 14.9. The number of nitrogens with two attached hydrogens (primary N) is 1. The van der Waals surface area contributed by atoms with Gasteiger partial charge in [0.15, 0.2) is 0 Å². The Morgan fingerprint density at radius 3 is 2.55 bits per heavy atom. The number of sulfonamides is 1. The molecule has 1 aliphatic carbocycles. The van der Waals surface area contributed by atoms with E-state index in [1.807, 2.05) is 0 Å². The summed E-state index contributed by atoms with van der Waals surface area (Å²) in [4.78, 5) is 0.0969. The normalized spacial score (nSPS) is 27.4. The number of rotatable bonds is 3. The molecule has 0 radical (unpaired) electrons. The number of halogens is 1. The standard InChI is InChI=1S/C14H21ClN2O2S/c1-9-3-5-12(7-10(9)2)17-20(18,19)14-6-4-11(16)8-13(14)15/h4,6,8-10,12,17H,3,5,7,16H2,1-2H3. The Balaban J connectivity index is 2.15. The molecule has 0 aromatic heterocycles. The average Bonchev–Trinajstić information content (AvgIpc) is 2.33. The third-order valence-corrected chi connectivity index (χ3v) is 6.17. The summed E-state index contributed by atoms with van der Waals surface area (Å²) < 4.78 is 27.5. The van der Waals surface area contributed by atoms with Crippen molar-refractivity contribution >= 4 is 27.3 Å². The Labute approximate surface area is 125 Å². The van der Waals surface area contributed by atoms with Crippen LogP contribution in [0.1, 0.15) is 33.1 Å². The Morgan fingerprint density at radius 2 is 1.95 bits per heavy atom. The van der Waals surface area contributed by atoms with Crippen molar-refractivity contribution in [1.29, 1.82) is 0 Å². The van der Waals surface area contributed by atoms with E-state index < -0.39 is 10.0 Å². The molecule has 1 aromatic carbocycles. The Kier molecular flexibility index (Phi) is 4.62. The van der Waals surface area contributed by atoms with E-state index in [0.29, 0.717) is 17.5 Å². The first-order chi connectivity index (χ1) is 9.29. The molecule has 0 heterocycles. The molecule has 0 bridgehead atoms. The van der Waals surface area contributed by atoms with Crippen LogP contribution in [0.15, 0.2) is 23.1 Å². The minimum atomic E-state index is -3.59. The predicted molar refractivity (Wildman–Crippen MR) is 82.2 cm³/mol. The van der Waals surface area contributed by atoms with Crippen LogP contribution >= 0.6 is 11.6 Å². The quantitative estimate of drug-likeness (QED) is 0.842. The van der Waals surface area contributed by atoms with E-state index in [0.717, 1.165) is 19.3 Å². The van der Waals surface area contributed by atoms with Crippen LogP contribution in [0.5, 0.6) is 0 Å². The molecule has 20 heavy (non-hydrogen) atoms. The van der Waals surface area contributed by atoms with Crippen LogP contribution in [-0.4, -0.2) is 14.5 Å². The molecule has 1 fully saturated rings. The predicted octanol–water partition coefficient (Wildman–Crippen LogP) is 3.03. The van der Waals surface area contributed by atoms with Crippen LogP contribution in [0.25, 0.3) is 0 Å². The third-order valence-electron chi connectivity index (χ3n) is 4.17. The fourth-order valence-corrected chi connectivity index (χ4v) is 4.51. The molecule has 0 spiro atoms. The first kappa shape index (κ1) is 15.6. The Hall–Kier alpha value is -0.780. The highest BCUT2D eigenvalue weighted by molar-refractivity contribution is 7.89. The van der Waals surface area contributed by atoms with Gasteiger partial charge in [0.2, 0.25) is 10.0 Å². The fourth-order valence-electron chi connectivity index (χ4n) is 2.67. The zero-order valence-electron chi connectivity index (χ0n) is 11.8. The Bertz CT molecular complexity index is 589. The summed E-state index contributed by atoms with van der Waals surface area (Å²) in [6, 6.07) is 4.45. The molecule has 2 rings (SSSR count). The molecule has 112 valence electrons. The molecule has 1 aromatic rings. The van der Waals surface area contributed by atoms with Crippen molar-refractivity contribution in [3.05, 3.63) is 23.2 Å². The highest BCUT2D eigenvalue weighted by atomic mass is 35.5. The van der Waals surface area contributed by atoms with E-state index in [-0.39, 0.29) is 16.0 Å². The molecule has 6 heteroatoms. The van der Waals surface area contributed by atoms with Gasteiger partial charge in [0, 0.05) is 11.7 Å². The van der Waals surface area contributed by atoms with E-state index >= 15 is 0 Å². The topological polar surface area (TPSA) is 72.2 Å². The smallest absolute Gasteiger partial charge is 0.242 e. The first-order valence-corrected chi connectivity index (χ1v) is 8.73. The summed E-state index contributed by atoms with van der Waals surface area (Å²) in [6.07, 6.45) is 2.79. The SMILES string of the molecule is CC1CCC(NS(=O)(=O)c2ccc(N)cc2Cl)CC1C. The van der Waals surface area contributed by atoms with Crippen molar-refractivity contribution in [2.75, 3.05) is 5.73 Å². The molecule has 3 N–H and O–H groups in total. The van der Waals surface area contributed by atoms with Gasteiger partial charge in [0.25, 0.3) is 0 Å². The van der Waals surface area contributed by atoms with Crippen LogP contribution < -0.4 is 10.5 Å². The Morgan fingerprint density at radius 1 is 1.25 bits per heavy atom. The third kappa shape index (κ3) is 3.45. The summed E-state index contributed by atoms with van der Waals surface area (Å²) in [7, 11) is -3.59. The number of hydrogen-bond donors (Lipinski definition) is 2. The lowest BCUT2D eigenvalue weighted by Crippen LogP contribution is -2.39. The van der Waals surface area contributed by atoms with Gasteiger partial charge in [-0.15, -0.1) is 0 Å². The zero-order valence-corrected chi connectivity index (χ0v) is 13.3. The van der Waals surface area contributed by atoms with Gasteiger partial charge in [-0.05, 0) is 49.3 Å². The van der Waals surface area contributed by atoms with Gasteiger partial charge < -0.3 is 5.73 Å². The summed E-state index contributed by atoms with van der Waals surface area (Å²) >= 11 is 5.98. The second-order valence-corrected chi connectivity index (χ2v) is 7.87. The minimum absolute atomic E-state index is 0.0141. The number of nitrogen functional groups attached to an aromatic ring is 1. The van der Waals surface area contributed by atoms with Gasteiger partial charge in [-0.1, -0.05) is 25.4 Å². The van der Waals surface area contributed by atoms with E-state index in [1.165, 1.54) is 12.1 Å². The van der Waals surface area contributed by atoms with Gasteiger partial charge >= 0.3 is 0 Å². The molecule has 1 aliphatic rings. The maximum absolute atomic E-state index is 12.4. The fraction of sp³-hybridized carbons (Fsp3) is 0.571. The van der Waals surface area contributed by atoms with Gasteiger partial charge in [-0.3, -0.25) is 0 Å². The lowest BCUT2D eigenvalue weighted by atomic mass is 9.79. The van der Waals surface area contributed by atoms with Crippen LogP contribution in [-0.2, 0) is 10.0 Å². The second-order valence-electron chi connectivity index (χ2n) is 5.78. The first-order valence-electron chi connectivity index (χ1n) is 6.87. The number of hydrogen-bond acceptors (Lipinski definition) is 3. The molecule has 1 saturated carbocycles. The average molecular weight is 317 g/mol. The van der Waals surface area contributed by atoms with Crippen molar-refractivity contribution in [1.82, 2.24) is 4.72 Å². The van der Waals surface area contributed by atoms with Crippen molar-refractivity contribution in [3.8, 4) is 0 Å². The number of anilines is 1. The van der Waals surface area contributed by atoms with Crippen molar-refractivity contribution < 1.29 is 8.42 Å².